The van der Waals surface area contributed by atoms with E-state index >= 15 is 0 Å². The van der Waals surface area contributed by atoms with Gasteiger partial charge in [-0.25, -0.2) is 14.5 Å². The lowest BCUT2D eigenvalue weighted by Crippen LogP contribution is -2.51. The SMILES string of the molecule is Cc1ccc(Cn2ncc3c(C(=O)NN4C(=O)NC5(CCC(C)CC5)C4=O)cc(C)nc32)cc1. The van der Waals surface area contributed by atoms with Crippen LogP contribution in [0, 0.1) is 19.8 Å². The van der Waals surface area contributed by atoms with Gasteiger partial charge in [0.15, 0.2) is 5.65 Å². The van der Waals surface area contributed by atoms with Crippen molar-refractivity contribution in [3.63, 3.8) is 0 Å². The summed E-state index contributed by atoms with van der Waals surface area (Å²) in [5, 5.41) is 8.66. The van der Waals surface area contributed by atoms with Gasteiger partial charge in [-0.2, -0.15) is 10.1 Å². The van der Waals surface area contributed by atoms with Crippen LogP contribution in [0.2, 0.25) is 0 Å². The standard InChI is InChI=1S/C25H28N6O3/c1-15-4-6-18(7-5-15)14-30-21-20(13-26-30)19(12-17(3)27-21)22(32)29-31-23(33)25(28-24(31)34)10-8-16(2)9-11-25/h4-7,12-13,16H,8-11,14H2,1-3H3,(H,28,34)(H,29,32). The Morgan fingerprint density at radius 1 is 1.18 bits per heavy atom. The average Bonchev–Trinajstić information content (AvgIpc) is 3.30. The van der Waals surface area contributed by atoms with E-state index in [-0.39, 0.29) is 0 Å². The van der Waals surface area contributed by atoms with Gasteiger partial charge in [-0.3, -0.25) is 15.0 Å². The molecule has 1 aliphatic carbocycles. The van der Waals surface area contributed by atoms with E-state index in [1.54, 1.807) is 23.9 Å². The number of amides is 4. The Morgan fingerprint density at radius 3 is 2.59 bits per heavy atom. The van der Waals surface area contributed by atoms with E-state index in [4.69, 9.17) is 0 Å². The number of nitrogens with one attached hydrogen (secondary N) is 2. The monoisotopic (exact) mass is 460 g/mol. The van der Waals surface area contributed by atoms with Crippen molar-refractivity contribution in [2.45, 2.75) is 58.5 Å². The third-order valence-corrected chi connectivity index (χ3v) is 6.94. The van der Waals surface area contributed by atoms with Crippen molar-refractivity contribution < 1.29 is 14.4 Å². The summed E-state index contributed by atoms with van der Waals surface area (Å²) in [6.45, 7) is 6.48. The zero-order chi connectivity index (χ0) is 24.0. The van der Waals surface area contributed by atoms with Crippen LogP contribution in [0.25, 0.3) is 11.0 Å². The third-order valence-electron chi connectivity index (χ3n) is 6.94. The second-order valence-corrected chi connectivity index (χ2v) is 9.61. The van der Waals surface area contributed by atoms with Crippen LogP contribution in [0.15, 0.2) is 36.5 Å². The van der Waals surface area contributed by atoms with Gasteiger partial charge >= 0.3 is 6.03 Å². The fourth-order valence-electron chi connectivity index (χ4n) is 4.82. The Hall–Kier alpha value is -3.75. The molecule has 3 aromatic rings. The lowest BCUT2D eigenvalue weighted by Gasteiger charge is -2.33. The summed E-state index contributed by atoms with van der Waals surface area (Å²) in [6.07, 6.45) is 4.47. The van der Waals surface area contributed by atoms with E-state index in [9.17, 15) is 14.4 Å². The number of imide groups is 1. The predicted octanol–water partition coefficient (Wildman–Crippen LogP) is 3.24. The Labute approximate surface area is 197 Å². The molecule has 0 unspecified atom stereocenters. The van der Waals surface area contributed by atoms with Crippen LogP contribution in [0.3, 0.4) is 0 Å². The van der Waals surface area contributed by atoms with E-state index in [2.05, 4.69) is 27.7 Å². The zero-order valence-corrected chi connectivity index (χ0v) is 19.6. The van der Waals surface area contributed by atoms with E-state index in [1.165, 1.54) is 5.56 Å². The number of hydrogen-bond acceptors (Lipinski definition) is 5. The van der Waals surface area contributed by atoms with Crippen molar-refractivity contribution in [3.8, 4) is 0 Å². The van der Waals surface area contributed by atoms with Crippen molar-refractivity contribution in [1.82, 2.24) is 30.5 Å². The van der Waals surface area contributed by atoms with Gasteiger partial charge in [0, 0.05) is 5.69 Å². The van der Waals surface area contributed by atoms with Gasteiger partial charge in [0.25, 0.3) is 11.8 Å². The Balaban J connectivity index is 1.40. The highest BCUT2D eigenvalue weighted by Gasteiger charge is 2.53. The lowest BCUT2D eigenvalue weighted by atomic mass is 9.77. The van der Waals surface area contributed by atoms with Crippen molar-refractivity contribution in [3.05, 3.63) is 58.9 Å². The molecular weight excluding hydrogens is 432 g/mol. The number of nitrogens with zero attached hydrogens (tertiary/aromatic N) is 4. The van der Waals surface area contributed by atoms with Crippen LogP contribution >= 0.6 is 0 Å². The fraction of sp³-hybridized carbons (Fsp3) is 0.400. The lowest BCUT2D eigenvalue weighted by molar-refractivity contribution is -0.134. The second-order valence-electron chi connectivity index (χ2n) is 9.61. The zero-order valence-electron chi connectivity index (χ0n) is 19.6. The summed E-state index contributed by atoms with van der Waals surface area (Å²) in [6, 6.07) is 9.20. The van der Waals surface area contributed by atoms with Gasteiger partial charge in [-0.1, -0.05) is 36.8 Å². The molecule has 0 atom stereocenters. The maximum Gasteiger partial charge on any atom is 0.344 e. The van der Waals surface area contributed by atoms with Crippen LogP contribution in [-0.4, -0.2) is 43.2 Å². The Morgan fingerprint density at radius 2 is 1.88 bits per heavy atom. The smallest absolute Gasteiger partial charge is 0.322 e. The molecule has 0 radical (unpaired) electrons. The van der Waals surface area contributed by atoms with Crippen LogP contribution in [0.5, 0.6) is 0 Å². The molecule has 0 bridgehead atoms. The number of fused-ring (bicyclic) bond motifs is 1. The number of aromatic nitrogens is 3. The number of carbonyl (C=O) groups is 3. The molecule has 2 N–H and O–H groups in total. The van der Waals surface area contributed by atoms with E-state index in [0.29, 0.717) is 47.6 Å². The minimum atomic E-state index is -0.917. The first-order chi connectivity index (χ1) is 16.3. The second kappa shape index (κ2) is 8.23. The number of hydrogen-bond donors (Lipinski definition) is 2. The molecule has 1 aromatic carbocycles. The predicted molar refractivity (Wildman–Crippen MR) is 126 cm³/mol. The van der Waals surface area contributed by atoms with Crippen LogP contribution in [-0.2, 0) is 11.3 Å². The van der Waals surface area contributed by atoms with E-state index in [1.807, 2.05) is 31.2 Å². The summed E-state index contributed by atoms with van der Waals surface area (Å²) in [4.78, 5) is 43.6. The van der Waals surface area contributed by atoms with Crippen LogP contribution in [0.4, 0.5) is 4.79 Å². The summed E-state index contributed by atoms with van der Waals surface area (Å²) in [5.74, 6) is -0.423. The number of hydrazine groups is 1. The van der Waals surface area contributed by atoms with E-state index in [0.717, 1.165) is 23.4 Å². The van der Waals surface area contributed by atoms with Gasteiger partial charge in [0.05, 0.1) is 23.7 Å². The molecule has 2 aliphatic rings. The molecule has 2 fully saturated rings. The maximum atomic E-state index is 13.2. The van der Waals surface area contributed by atoms with Gasteiger partial charge in [-0.15, -0.1) is 0 Å². The van der Waals surface area contributed by atoms with Gasteiger partial charge in [0.2, 0.25) is 0 Å². The third kappa shape index (κ3) is 3.81. The highest BCUT2D eigenvalue weighted by atomic mass is 16.2. The van der Waals surface area contributed by atoms with Crippen molar-refractivity contribution in [1.29, 1.82) is 0 Å². The van der Waals surface area contributed by atoms with Gasteiger partial charge in [-0.05, 0) is 57.1 Å². The first-order valence-electron chi connectivity index (χ1n) is 11.6. The molecule has 3 heterocycles. The molecule has 176 valence electrons. The summed E-state index contributed by atoms with van der Waals surface area (Å²) >= 11 is 0. The number of rotatable bonds is 4. The number of aryl methyl sites for hydroxylation is 2. The number of carbonyl (C=O) groups excluding carboxylic acids is 3. The normalized spacial score (nSPS) is 22.4. The highest BCUT2D eigenvalue weighted by molar-refractivity contribution is 6.11. The molecule has 1 saturated carbocycles. The molecule has 2 aromatic heterocycles. The minimum absolute atomic E-state index is 0.316. The van der Waals surface area contributed by atoms with Gasteiger partial charge in [0.1, 0.15) is 5.54 Å². The molecule has 9 heteroatoms. The molecular formula is C25H28N6O3. The van der Waals surface area contributed by atoms with Crippen LogP contribution in [0.1, 0.15) is 59.8 Å². The maximum absolute atomic E-state index is 13.2. The molecule has 1 aliphatic heterocycles. The Bertz CT molecular complexity index is 1290. The summed E-state index contributed by atoms with van der Waals surface area (Å²) < 4.78 is 1.75. The summed E-state index contributed by atoms with van der Waals surface area (Å²) in [5.41, 5.74) is 5.38. The van der Waals surface area contributed by atoms with Crippen molar-refractivity contribution in [2.24, 2.45) is 5.92 Å². The van der Waals surface area contributed by atoms with Gasteiger partial charge < -0.3 is 5.32 Å². The first kappa shape index (κ1) is 22.1. The van der Waals surface area contributed by atoms with Crippen molar-refractivity contribution >= 4 is 28.9 Å². The first-order valence-corrected chi connectivity index (χ1v) is 11.6. The fourth-order valence-corrected chi connectivity index (χ4v) is 4.82. The molecule has 1 spiro atoms. The average molecular weight is 461 g/mol. The largest absolute Gasteiger partial charge is 0.344 e. The molecule has 34 heavy (non-hydrogen) atoms. The molecule has 4 amide bonds. The highest BCUT2D eigenvalue weighted by Crippen LogP contribution is 2.36. The topological polar surface area (TPSA) is 109 Å². The van der Waals surface area contributed by atoms with E-state index < -0.39 is 23.4 Å². The van der Waals surface area contributed by atoms with Crippen LogP contribution < -0.4 is 10.7 Å². The number of benzene rings is 1. The number of pyridine rings is 1. The minimum Gasteiger partial charge on any atom is -0.322 e. The molecule has 5 rings (SSSR count). The number of urea groups is 1. The Kier molecular flexibility index (Phi) is 5.34. The quantitative estimate of drug-likeness (QED) is 0.581. The van der Waals surface area contributed by atoms with Crippen molar-refractivity contribution in [2.75, 3.05) is 0 Å². The molecule has 9 nitrogen and oxygen atoms in total. The summed E-state index contributed by atoms with van der Waals surface area (Å²) in [7, 11) is 0. The molecule has 1 saturated heterocycles.